The van der Waals surface area contributed by atoms with Crippen molar-refractivity contribution in [1.82, 2.24) is 4.98 Å². The normalized spacial score (nSPS) is 10.6. The maximum Gasteiger partial charge on any atom is 0.374 e. The van der Waals surface area contributed by atoms with Crippen LogP contribution in [-0.2, 0) is 0 Å². The molecule has 0 N–H and O–H groups in total. The first-order chi connectivity index (χ1) is 6.43. The Morgan fingerprint density at radius 3 is 2.57 bits per heavy atom. The van der Waals surface area contributed by atoms with E-state index >= 15 is 0 Å². The minimum Gasteiger partial charge on any atom is -0.358 e. The maximum absolute atomic E-state index is 12.6. The van der Waals surface area contributed by atoms with E-state index in [9.17, 15) is 23.3 Å². The highest BCUT2D eigenvalue weighted by Crippen LogP contribution is 2.29. The summed E-state index contributed by atoms with van der Waals surface area (Å²) in [6.07, 6.45) is -3.17. The highest BCUT2D eigenvalue weighted by Gasteiger charge is 2.26. The van der Waals surface area contributed by atoms with Crippen LogP contribution >= 0.6 is 11.6 Å². The van der Waals surface area contributed by atoms with Crippen molar-refractivity contribution in [2.45, 2.75) is 6.43 Å². The quantitative estimate of drug-likeness (QED) is 0.443. The van der Waals surface area contributed by atoms with Crippen LogP contribution in [0.25, 0.3) is 0 Å². The number of pyridine rings is 1. The third-order valence-electron chi connectivity index (χ3n) is 1.35. The lowest BCUT2D eigenvalue weighted by Crippen LogP contribution is -2.01. The second-order valence-corrected chi connectivity index (χ2v) is 2.59. The van der Waals surface area contributed by atoms with Crippen molar-refractivity contribution >= 4 is 17.4 Å². The van der Waals surface area contributed by atoms with E-state index in [4.69, 9.17) is 11.6 Å². The number of halogens is 4. The minimum atomic E-state index is -3.17. The van der Waals surface area contributed by atoms with Crippen LogP contribution in [0.3, 0.4) is 0 Å². The van der Waals surface area contributed by atoms with Gasteiger partial charge in [-0.15, -0.1) is 0 Å². The molecular weight excluding hydrogens is 225 g/mol. The molecule has 0 unspecified atom stereocenters. The number of hydrogen-bond acceptors (Lipinski definition) is 3. The molecule has 0 aliphatic rings. The van der Waals surface area contributed by atoms with E-state index < -0.39 is 33.7 Å². The van der Waals surface area contributed by atoms with Crippen molar-refractivity contribution in [2.24, 2.45) is 0 Å². The van der Waals surface area contributed by atoms with Crippen LogP contribution in [0.4, 0.5) is 19.0 Å². The van der Waals surface area contributed by atoms with E-state index in [1.54, 1.807) is 0 Å². The molecule has 0 fully saturated rings. The Bertz CT molecular complexity index is 386. The SMILES string of the molecule is O=[N+]([O-])c1nc(Cl)c(F)cc1C(F)F. The van der Waals surface area contributed by atoms with Crippen molar-refractivity contribution in [3.8, 4) is 0 Å². The fraction of sp³-hybridized carbons (Fsp3) is 0.167. The van der Waals surface area contributed by atoms with E-state index in [0.29, 0.717) is 6.07 Å². The monoisotopic (exact) mass is 226 g/mol. The fourth-order valence-electron chi connectivity index (χ4n) is 0.778. The molecule has 0 atom stereocenters. The van der Waals surface area contributed by atoms with Gasteiger partial charge in [0.2, 0.25) is 0 Å². The smallest absolute Gasteiger partial charge is 0.358 e. The maximum atomic E-state index is 12.6. The molecule has 0 aliphatic heterocycles. The average Bonchev–Trinajstić information content (AvgIpc) is 2.08. The fourth-order valence-corrected chi connectivity index (χ4v) is 0.913. The molecule has 76 valence electrons. The zero-order valence-electron chi connectivity index (χ0n) is 6.38. The molecule has 14 heavy (non-hydrogen) atoms. The van der Waals surface area contributed by atoms with Crippen LogP contribution in [0, 0.1) is 15.9 Å². The van der Waals surface area contributed by atoms with Crippen LogP contribution in [0.5, 0.6) is 0 Å². The van der Waals surface area contributed by atoms with E-state index in [-0.39, 0.29) is 0 Å². The second-order valence-electron chi connectivity index (χ2n) is 2.23. The van der Waals surface area contributed by atoms with Gasteiger partial charge in [-0.1, -0.05) is 0 Å². The third kappa shape index (κ3) is 1.92. The summed E-state index contributed by atoms with van der Waals surface area (Å²) in [7, 11) is 0. The zero-order chi connectivity index (χ0) is 10.9. The predicted molar refractivity (Wildman–Crippen MR) is 40.8 cm³/mol. The van der Waals surface area contributed by atoms with Crippen LogP contribution in [0.1, 0.15) is 12.0 Å². The van der Waals surface area contributed by atoms with Crippen LogP contribution in [0.15, 0.2) is 6.07 Å². The minimum absolute atomic E-state index is 0.304. The van der Waals surface area contributed by atoms with E-state index in [0.717, 1.165) is 0 Å². The molecule has 0 radical (unpaired) electrons. The van der Waals surface area contributed by atoms with Gasteiger partial charge in [-0.3, -0.25) is 0 Å². The lowest BCUT2D eigenvalue weighted by Gasteiger charge is -2.00. The summed E-state index contributed by atoms with van der Waals surface area (Å²) in [6, 6.07) is 0.304. The Kier molecular flexibility index (Phi) is 2.90. The first-order valence-corrected chi connectivity index (χ1v) is 3.59. The topological polar surface area (TPSA) is 56.0 Å². The standard InChI is InChI=1S/C6H2ClF3N2O2/c7-4-3(8)1-2(5(9)10)6(11-4)12(13)14/h1,5H. The van der Waals surface area contributed by atoms with Crippen molar-refractivity contribution in [1.29, 1.82) is 0 Å². The summed E-state index contributed by atoms with van der Waals surface area (Å²) in [5.74, 6) is -2.35. The van der Waals surface area contributed by atoms with Gasteiger partial charge in [-0.2, -0.15) is 0 Å². The molecule has 1 aromatic heterocycles. The lowest BCUT2D eigenvalue weighted by molar-refractivity contribution is -0.391. The summed E-state index contributed by atoms with van der Waals surface area (Å²) in [5.41, 5.74) is -1.09. The number of aromatic nitrogens is 1. The summed E-state index contributed by atoms with van der Waals surface area (Å²) >= 11 is 5.10. The number of nitrogens with zero attached hydrogens (tertiary/aromatic N) is 2. The second kappa shape index (κ2) is 3.79. The molecule has 0 saturated carbocycles. The molecule has 0 bridgehead atoms. The molecule has 0 amide bonds. The molecule has 0 saturated heterocycles. The third-order valence-corrected chi connectivity index (χ3v) is 1.61. The van der Waals surface area contributed by atoms with Crippen molar-refractivity contribution in [3.63, 3.8) is 0 Å². The Morgan fingerprint density at radius 1 is 1.57 bits per heavy atom. The largest absolute Gasteiger partial charge is 0.374 e. The van der Waals surface area contributed by atoms with E-state index in [1.807, 2.05) is 0 Å². The molecule has 8 heteroatoms. The molecule has 1 aromatic rings. The first kappa shape index (κ1) is 10.7. The van der Waals surface area contributed by atoms with Gasteiger partial charge in [0.25, 0.3) is 11.6 Å². The van der Waals surface area contributed by atoms with Gasteiger partial charge in [0.15, 0.2) is 5.82 Å². The average molecular weight is 227 g/mol. The van der Waals surface area contributed by atoms with Gasteiger partial charge in [0, 0.05) is 0 Å². The van der Waals surface area contributed by atoms with Gasteiger partial charge < -0.3 is 10.1 Å². The molecule has 0 aliphatic carbocycles. The highest BCUT2D eigenvalue weighted by atomic mass is 35.5. The van der Waals surface area contributed by atoms with Crippen LogP contribution in [-0.4, -0.2) is 9.91 Å². The van der Waals surface area contributed by atoms with E-state index in [1.165, 1.54) is 0 Å². The van der Waals surface area contributed by atoms with Crippen molar-refractivity contribution in [2.75, 3.05) is 0 Å². The van der Waals surface area contributed by atoms with Gasteiger partial charge in [0.05, 0.1) is 0 Å². The Morgan fingerprint density at radius 2 is 2.14 bits per heavy atom. The van der Waals surface area contributed by atoms with Gasteiger partial charge >= 0.3 is 5.82 Å². The van der Waals surface area contributed by atoms with Gasteiger partial charge in [-0.05, 0) is 27.6 Å². The lowest BCUT2D eigenvalue weighted by atomic mass is 10.2. The van der Waals surface area contributed by atoms with Gasteiger partial charge in [0.1, 0.15) is 5.56 Å². The Hall–Kier alpha value is -1.37. The van der Waals surface area contributed by atoms with Crippen molar-refractivity contribution < 1.29 is 18.1 Å². The number of rotatable bonds is 2. The van der Waals surface area contributed by atoms with Crippen LogP contribution < -0.4 is 0 Å². The summed E-state index contributed by atoms with van der Waals surface area (Å²) < 4.78 is 36.9. The molecule has 4 nitrogen and oxygen atoms in total. The molecular formula is C6H2ClF3N2O2. The number of alkyl halides is 2. The zero-order valence-corrected chi connectivity index (χ0v) is 7.13. The first-order valence-electron chi connectivity index (χ1n) is 3.22. The summed E-state index contributed by atoms with van der Waals surface area (Å²) in [4.78, 5) is 12.0. The van der Waals surface area contributed by atoms with Crippen LogP contribution in [0.2, 0.25) is 5.15 Å². The molecule has 0 aromatic carbocycles. The highest BCUT2D eigenvalue weighted by molar-refractivity contribution is 6.29. The van der Waals surface area contributed by atoms with Crippen molar-refractivity contribution in [3.05, 3.63) is 32.7 Å². The molecule has 0 spiro atoms. The predicted octanol–water partition coefficient (Wildman–Crippen LogP) is 2.72. The Balaban J connectivity index is 3.39. The molecule has 1 heterocycles. The van der Waals surface area contributed by atoms with E-state index in [2.05, 4.69) is 4.98 Å². The van der Waals surface area contributed by atoms with Gasteiger partial charge in [-0.25, -0.2) is 13.2 Å². The number of hydrogen-bond donors (Lipinski definition) is 0. The summed E-state index contributed by atoms with van der Waals surface area (Å²) in [6.45, 7) is 0. The number of nitro groups is 1. The Labute approximate surface area is 80.5 Å². The molecule has 1 rings (SSSR count). The summed E-state index contributed by atoms with van der Waals surface area (Å²) in [5, 5.41) is 9.41.